The lowest BCUT2D eigenvalue weighted by atomic mass is 10.1. The monoisotopic (exact) mass is 388 g/mol. The fourth-order valence-corrected chi connectivity index (χ4v) is 3.94. The third-order valence-electron chi connectivity index (χ3n) is 4.80. The first-order valence-electron chi connectivity index (χ1n) is 9.13. The zero-order valence-corrected chi connectivity index (χ0v) is 17.1. The van der Waals surface area contributed by atoms with Gasteiger partial charge >= 0.3 is 0 Å². The molecule has 1 N–H and O–H groups in total. The van der Waals surface area contributed by atoms with Crippen molar-refractivity contribution in [3.8, 4) is 11.5 Å². The van der Waals surface area contributed by atoms with Crippen molar-refractivity contribution in [2.75, 3.05) is 47.4 Å². The van der Waals surface area contributed by atoms with Crippen molar-refractivity contribution >= 4 is 17.3 Å². The molecule has 0 bridgehead atoms. The van der Waals surface area contributed by atoms with Crippen molar-refractivity contribution in [2.45, 2.75) is 13.1 Å². The molecule has 2 heterocycles. The average molecular weight is 389 g/mol. The van der Waals surface area contributed by atoms with Gasteiger partial charge in [0.05, 0.1) is 14.2 Å². The molecule has 1 aliphatic rings. The van der Waals surface area contributed by atoms with Crippen molar-refractivity contribution in [2.24, 2.45) is 4.99 Å². The molecule has 0 saturated carbocycles. The van der Waals surface area contributed by atoms with E-state index in [2.05, 4.69) is 43.0 Å². The summed E-state index contributed by atoms with van der Waals surface area (Å²) >= 11 is 1.72. The Hall–Kier alpha value is -2.25. The summed E-state index contributed by atoms with van der Waals surface area (Å²) in [4.78, 5) is 9.22. The largest absolute Gasteiger partial charge is 0.497 e. The molecule has 0 radical (unpaired) electrons. The van der Waals surface area contributed by atoms with Crippen LogP contribution in [0.15, 0.2) is 40.0 Å². The molecule has 2 aromatic rings. The lowest BCUT2D eigenvalue weighted by Gasteiger charge is -2.36. The van der Waals surface area contributed by atoms with E-state index in [9.17, 15) is 0 Å². The first-order valence-corrected chi connectivity index (χ1v) is 10.1. The minimum absolute atomic E-state index is 0.817. The van der Waals surface area contributed by atoms with Crippen LogP contribution in [0.25, 0.3) is 0 Å². The summed E-state index contributed by atoms with van der Waals surface area (Å²) in [7, 11) is 5.26. The summed E-state index contributed by atoms with van der Waals surface area (Å²) in [5.41, 5.74) is 2.45. The van der Waals surface area contributed by atoms with E-state index in [1.807, 2.05) is 19.2 Å². The number of guanidine groups is 1. The van der Waals surface area contributed by atoms with Crippen molar-refractivity contribution in [1.82, 2.24) is 15.1 Å². The van der Waals surface area contributed by atoms with Crippen LogP contribution in [0.1, 0.15) is 11.1 Å². The third kappa shape index (κ3) is 5.14. The van der Waals surface area contributed by atoms with Gasteiger partial charge in [0.25, 0.3) is 0 Å². The first kappa shape index (κ1) is 19.5. The third-order valence-corrected chi connectivity index (χ3v) is 5.53. The Kier molecular flexibility index (Phi) is 6.95. The second-order valence-corrected chi connectivity index (χ2v) is 7.25. The number of hydrogen-bond donors (Lipinski definition) is 1. The Bertz CT molecular complexity index is 740. The molecule has 0 aliphatic carbocycles. The second-order valence-electron chi connectivity index (χ2n) is 6.47. The number of aliphatic imine (C=N–C) groups is 1. The number of nitrogens with zero attached hydrogens (tertiary/aromatic N) is 3. The quantitative estimate of drug-likeness (QED) is 0.609. The molecule has 1 saturated heterocycles. The molecule has 1 aromatic heterocycles. The standard InChI is InChI=1S/C20H28N4O2S/c1-21-20(22-13-16-6-11-27-15-16)24-9-7-23(8-10-24)14-17-12-18(25-2)4-5-19(17)26-3/h4-6,11-12,15H,7-10,13-14H2,1-3H3,(H,21,22). The minimum atomic E-state index is 0.817. The second kappa shape index (κ2) is 9.62. The molecule has 0 atom stereocenters. The summed E-state index contributed by atoms with van der Waals surface area (Å²) in [6, 6.07) is 8.11. The van der Waals surface area contributed by atoms with Crippen LogP contribution >= 0.6 is 11.3 Å². The highest BCUT2D eigenvalue weighted by atomic mass is 32.1. The maximum absolute atomic E-state index is 5.51. The Morgan fingerprint density at radius 3 is 2.59 bits per heavy atom. The average Bonchev–Trinajstić information content (AvgIpc) is 3.23. The van der Waals surface area contributed by atoms with Crippen molar-refractivity contribution in [3.05, 3.63) is 46.2 Å². The highest BCUT2D eigenvalue weighted by Crippen LogP contribution is 2.25. The van der Waals surface area contributed by atoms with Gasteiger partial charge in [0, 0.05) is 51.9 Å². The highest BCUT2D eigenvalue weighted by molar-refractivity contribution is 7.07. The Labute approximate surface area is 165 Å². The lowest BCUT2D eigenvalue weighted by Crippen LogP contribution is -2.52. The fourth-order valence-electron chi connectivity index (χ4n) is 3.27. The normalized spacial score (nSPS) is 15.7. The van der Waals surface area contributed by atoms with E-state index in [1.165, 1.54) is 5.56 Å². The lowest BCUT2D eigenvalue weighted by molar-refractivity contribution is 0.171. The van der Waals surface area contributed by atoms with Gasteiger partial charge in [-0.05, 0) is 40.6 Å². The van der Waals surface area contributed by atoms with Crippen LogP contribution in [0, 0.1) is 0 Å². The van der Waals surface area contributed by atoms with E-state index in [1.54, 1.807) is 25.6 Å². The summed E-state index contributed by atoms with van der Waals surface area (Å²) in [5.74, 6) is 2.74. The summed E-state index contributed by atoms with van der Waals surface area (Å²) < 4.78 is 10.9. The molecule has 3 rings (SSSR count). The van der Waals surface area contributed by atoms with E-state index in [4.69, 9.17) is 9.47 Å². The van der Waals surface area contributed by atoms with Crippen LogP contribution in [0.3, 0.4) is 0 Å². The Morgan fingerprint density at radius 2 is 1.96 bits per heavy atom. The van der Waals surface area contributed by atoms with Gasteiger partial charge in [0.2, 0.25) is 0 Å². The topological polar surface area (TPSA) is 49.3 Å². The highest BCUT2D eigenvalue weighted by Gasteiger charge is 2.20. The van der Waals surface area contributed by atoms with E-state index in [0.717, 1.165) is 62.3 Å². The molecule has 1 aliphatic heterocycles. The van der Waals surface area contributed by atoms with Gasteiger partial charge in [-0.2, -0.15) is 11.3 Å². The van der Waals surface area contributed by atoms with E-state index >= 15 is 0 Å². The maximum atomic E-state index is 5.51. The number of rotatable bonds is 6. The first-order chi connectivity index (χ1) is 13.2. The number of hydrogen-bond acceptors (Lipinski definition) is 5. The van der Waals surface area contributed by atoms with Crippen molar-refractivity contribution in [1.29, 1.82) is 0 Å². The minimum Gasteiger partial charge on any atom is -0.497 e. The number of methoxy groups -OCH3 is 2. The van der Waals surface area contributed by atoms with Gasteiger partial charge in [-0.15, -0.1) is 0 Å². The Morgan fingerprint density at radius 1 is 1.15 bits per heavy atom. The smallest absolute Gasteiger partial charge is 0.194 e. The van der Waals surface area contributed by atoms with Crippen molar-refractivity contribution in [3.63, 3.8) is 0 Å². The van der Waals surface area contributed by atoms with Gasteiger partial charge in [-0.3, -0.25) is 9.89 Å². The van der Waals surface area contributed by atoms with E-state index in [0.29, 0.717) is 0 Å². The molecule has 1 aromatic carbocycles. The summed E-state index contributed by atoms with van der Waals surface area (Å²) in [5, 5.41) is 7.74. The zero-order valence-electron chi connectivity index (χ0n) is 16.3. The van der Waals surface area contributed by atoms with Gasteiger partial charge in [-0.25, -0.2) is 0 Å². The molecule has 0 spiro atoms. The molecule has 27 heavy (non-hydrogen) atoms. The van der Waals surface area contributed by atoms with Crippen LogP contribution in [0.4, 0.5) is 0 Å². The van der Waals surface area contributed by atoms with Crippen LogP contribution in [-0.2, 0) is 13.1 Å². The molecule has 7 heteroatoms. The van der Waals surface area contributed by atoms with E-state index < -0.39 is 0 Å². The van der Waals surface area contributed by atoms with Gasteiger partial charge in [0.15, 0.2) is 5.96 Å². The van der Waals surface area contributed by atoms with Crippen LogP contribution < -0.4 is 14.8 Å². The predicted octanol–water partition coefficient (Wildman–Crippen LogP) is 2.66. The fraction of sp³-hybridized carbons (Fsp3) is 0.450. The molecular weight excluding hydrogens is 360 g/mol. The molecular formula is C20H28N4O2S. The summed E-state index contributed by atoms with van der Waals surface area (Å²) in [6.07, 6.45) is 0. The SMILES string of the molecule is CN=C(NCc1ccsc1)N1CCN(Cc2cc(OC)ccc2OC)CC1. The van der Waals surface area contributed by atoms with Crippen LogP contribution in [0.2, 0.25) is 0 Å². The number of thiophene rings is 1. The summed E-state index contributed by atoms with van der Waals surface area (Å²) in [6.45, 7) is 5.55. The number of benzene rings is 1. The van der Waals surface area contributed by atoms with Crippen LogP contribution in [0.5, 0.6) is 11.5 Å². The molecule has 6 nitrogen and oxygen atoms in total. The maximum Gasteiger partial charge on any atom is 0.194 e. The number of nitrogens with one attached hydrogen (secondary N) is 1. The van der Waals surface area contributed by atoms with Crippen molar-refractivity contribution < 1.29 is 9.47 Å². The molecule has 1 fully saturated rings. The zero-order chi connectivity index (χ0) is 19.1. The molecule has 0 amide bonds. The van der Waals surface area contributed by atoms with Gasteiger partial charge in [0.1, 0.15) is 11.5 Å². The molecule has 0 unspecified atom stereocenters. The number of ether oxygens (including phenoxy) is 2. The Balaban J connectivity index is 1.54. The van der Waals surface area contributed by atoms with E-state index in [-0.39, 0.29) is 0 Å². The van der Waals surface area contributed by atoms with Crippen LogP contribution in [-0.4, -0.2) is 63.2 Å². The molecule has 146 valence electrons. The number of piperazine rings is 1. The van der Waals surface area contributed by atoms with Gasteiger partial charge in [-0.1, -0.05) is 0 Å². The van der Waals surface area contributed by atoms with Gasteiger partial charge < -0.3 is 19.7 Å². The predicted molar refractivity (Wildman–Crippen MR) is 111 cm³/mol.